The lowest BCUT2D eigenvalue weighted by Gasteiger charge is -2.35. The third kappa shape index (κ3) is 19.6. The van der Waals surface area contributed by atoms with Crippen molar-refractivity contribution in [3.05, 3.63) is 245 Å². The summed E-state index contributed by atoms with van der Waals surface area (Å²) in [6, 6.07) is 48.6. The van der Waals surface area contributed by atoms with Crippen LogP contribution in [0.4, 0.5) is 11.4 Å². The van der Waals surface area contributed by atoms with Gasteiger partial charge in [0.15, 0.2) is 0 Å². The van der Waals surface area contributed by atoms with Crippen molar-refractivity contribution >= 4 is 110 Å². The lowest BCUT2D eigenvalue weighted by molar-refractivity contribution is 0.0877. The molecule has 0 unspecified atom stereocenters. The summed E-state index contributed by atoms with van der Waals surface area (Å²) in [6.07, 6.45) is 3.71. The molecule has 14 aromatic rings. The quantitative estimate of drug-likeness (QED) is 0.0249. The van der Waals surface area contributed by atoms with Crippen molar-refractivity contribution in [3.8, 4) is 46.0 Å². The van der Waals surface area contributed by atoms with Crippen molar-refractivity contribution in [2.45, 2.75) is 423 Å². The van der Waals surface area contributed by atoms with Gasteiger partial charge in [0.25, 0.3) is 23.6 Å². The second-order valence-electron chi connectivity index (χ2n) is 55.9. The van der Waals surface area contributed by atoms with Gasteiger partial charge in [-0.3, -0.25) is 19.2 Å². The lowest BCUT2D eigenvalue weighted by Crippen LogP contribution is -2.42. The first-order chi connectivity index (χ1) is 68.5. The fraction of sp³-hybridized carbons (Fsp3) is 0.493. The zero-order valence-corrected chi connectivity index (χ0v) is 98.6. The van der Waals surface area contributed by atoms with E-state index in [9.17, 15) is 0 Å². The molecule has 10 nitrogen and oxygen atoms in total. The number of ether oxygens (including phenoxy) is 4. The van der Waals surface area contributed by atoms with Crippen LogP contribution in [0.3, 0.4) is 0 Å². The summed E-state index contributed by atoms with van der Waals surface area (Å²) >= 11 is 0. The molecular formula is C138H174N2O8. The molecule has 2 heterocycles. The van der Waals surface area contributed by atoms with Crippen molar-refractivity contribution < 1.29 is 38.1 Å². The van der Waals surface area contributed by atoms with Crippen LogP contribution in [0.1, 0.15) is 532 Å². The molecule has 0 saturated carbocycles. The number of carbonyl (C=O) groups excluding carboxylic acids is 4. The van der Waals surface area contributed by atoms with Crippen LogP contribution in [0.15, 0.2) is 133 Å². The first-order valence-electron chi connectivity index (χ1n) is 55.9. The number of anilines is 2. The number of hydrogen-bond donors (Lipinski definition) is 0. The second kappa shape index (κ2) is 38.7. The normalized spacial score (nSPS) is 14.3. The Balaban J connectivity index is 1.19. The van der Waals surface area contributed by atoms with E-state index in [1.54, 1.807) is 0 Å². The predicted molar refractivity (Wildman–Crippen MR) is 630 cm³/mol. The van der Waals surface area contributed by atoms with E-state index in [0.29, 0.717) is 99.7 Å². The highest BCUT2D eigenvalue weighted by Crippen LogP contribution is 2.62. The van der Waals surface area contributed by atoms with Crippen molar-refractivity contribution in [2.24, 2.45) is 21.7 Å². The molecule has 4 amide bonds. The van der Waals surface area contributed by atoms with Crippen molar-refractivity contribution in [2.75, 3.05) is 9.80 Å². The second-order valence-corrected chi connectivity index (χ2v) is 55.9. The molecule has 16 rings (SSSR count). The van der Waals surface area contributed by atoms with Crippen LogP contribution in [-0.4, -0.2) is 23.6 Å². The smallest absolute Gasteiger partial charge is 0.266 e. The highest BCUT2D eigenvalue weighted by atomic mass is 16.5. The number of rotatable bonds is 30. The first-order valence-corrected chi connectivity index (χ1v) is 55.9. The zero-order valence-electron chi connectivity index (χ0n) is 98.6. The number of benzene rings is 14. The number of hydrogen-bond acceptors (Lipinski definition) is 8. The summed E-state index contributed by atoms with van der Waals surface area (Å²) < 4.78 is 33.7. The highest BCUT2D eigenvalue weighted by molar-refractivity contribution is 6.49. The molecule has 0 fully saturated rings. The van der Waals surface area contributed by atoms with E-state index in [1.165, 1.54) is 32.1 Å². The van der Waals surface area contributed by atoms with Gasteiger partial charge in [-0.1, -0.05) is 414 Å². The molecule has 14 aromatic carbocycles. The molecule has 2 aliphatic rings. The summed E-state index contributed by atoms with van der Waals surface area (Å²) in [5.41, 5.74) is 18.3. The Morgan fingerprint density at radius 3 is 0.514 bits per heavy atom. The molecule has 0 N–H and O–H groups in total. The lowest BCUT2D eigenvalue weighted by atomic mass is 9.71. The molecule has 0 spiro atoms. The molecule has 0 aliphatic carbocycles. The maximum absolute atomic E-state index is 17.5. The summed E-state index contributed by atoms with van der Waals surface area (Å²) in [4.78, 5) is 73.1. The highest BCUT2D eigenvalue weighted by Gasteiger charge is 2.47. The van der Waals surface area contributed by atoms with E-state index < -0.39 is 23.6 Å². The van der Waals surface area contributed by atoms with Gasteiger partial charge in [-0.15, -0.1) is 0 Å². The average Bonchev–Trinajstić information content (AvgIpc) is 0.663. The van der Waals surface area contributed by atoms with Gasteiger partial charge >= 0.3 is 0 Å². The maximum Gasteiger partial charge on any atom is 0.266 e. The standard InChI is InChI=1S/C138H174N2O8/c1-71(2)87-47-45-48-88(72(3)4)121(87)139-127(141)103-63-107(145-123-95(75(9)10)55-83(56-96(123)76(11)12)135(37,38)67-131(25,26)27)115-91-51-53-93-112-94(54-52-92(111(91)112)116-108(64-104(128(139)142)113(103)119(115)116)146-124-97(77(13)14)57-84(58-98(124)78(15)16)136(39,40)68-132(28,29)30)118-110(148-126-101(81(21)22)61-86(62-102(126)82(23)24)138(43,44)70-134(34,35)36)66-106-114-105(129(143)140(130(106)144)122-89(73(5)6)49-46-50-90(122)74(7)8)65-109(117(93)120(114)118)147-125-99(79(17)18)59-85(60-100(125)80(19)20)137(41,42)69-133(31,32)33/h45-66,71-82H,67-70H2,1-44H3. The molecule has 0 saturated heterocycles. The van der Waals surface area contributed by atoms with Gasteiger partial charge in [0.2, 0.25) is 0 Å². The van der Waals surface area contributed by atoms with E-state index in [0.717, 1.165) is 148 Å². The van der Waals surface area contributed by atoms with Crippen LogP contribution < -0.4 is 28.7 Å². The minimum Gasteiger partial charge on any atom is -0.456 e. The average molecular weight is 1990 g/mol. The Kier molecular flexibility index (Phi) is 28.6. The fourth-order valence-corrected chi connectivity index (χ4v) is 26.5. The molecule has 0 bridgehead atoms. The van der Waals surface area contributed by atoms with E-state index in [1.807, 2.05) is 24.3 Å². The van der Waals surface area contributed by atoms with Crippen molar-refractivity contribution in [1.29, 1.82) is 0 Å². The number of para-hydroxylation sites is 2. The largest absolute Gasteiger partial charge is 0.456 e. The van der Waals surface area contributed by atoms with Crippen LogP contribution in [0, 0.1) is 21.7 Å². The predicted octanol–water partition coefficient (Wildman–Crippen LogP) is 41.7. The minimum absolute atomic E-state index is 0.00217. The van der Waals surface area contributed by atoms with E-state index in [-0.39, 0.29) is 114 Å². The van der Waals surface area contributed by atoms with Crippen LogP contribution in [-0.2, 0) is 21.7 Å². The van der Waals surface area contributed by atoms with E-state index >= 15 is 19.2 Å². The topological polar surface area (TPSA) is 112 Å². The van der Waals surface area contributed by atoms with E-state index in [4.69, 9.17) is 18.9 Å². The molecule has 0 aromatic heterocycles. The number of amides is 4. The molecule has 10 heteroatoms. The zero-order chi connectivity index (χ0) is 109. The number of carbonyl (C=O) groups is 4. The Labute approximate surface area is 887 Å². The molecule has 0 atom stereocenters. The van der Waals surface area contributed by atoms with Gasteiger partial charge in [-0.05, 0) is 286 Å². The third-order valence-electron chi connectivity index (χ3n) is 32.2. The van der Waals surface area contributed by atoms with Crippen molar-refractivity contribution in [1.82, 2.24) is 0 Å². The Hall–Kier alpha value is -11.1. The van der Waals surface area contributed by atoms with Crippen molar-refractivity contribution in [3.63, 3.8) is 0 Å². The van der Waals surface area contributed by atoms with Gasteiger partial charge < -0.3 is 18.9 Å². The molecule has 784 valence electrons. The summed E-state index contributed by atoms with van der Waals surface area (Å²) in [6.45, 7) is 100. The number of nitrogens with zero attached hydrogens (tertiary/aromatic N) is 2. The van der Waals surface area contributed by atoms with E-state index in [2.05, 4.69) is 414 Å². The van der Waals surface area contributed by atoms with Gasteiger partial charge in [-0.25, -0.2) is 9.80 Å². The Morgan fingerprint density at radius 1 is 0.203 bits per heavy atom. The van der Waals surface area contributed by atoms with Gasteiger partial charge in [0.1, 0.15) is 46.0 Å². The summed E-state index contributed by atoms with van der Waals surface area (Å²) in [5, 5.41) is 10.1. The van der Waals surface area contributed by atoms with Gasteiger partial charge in [0.05, 0.1) is 33.6 Å². The molecular weight excluding hydrogens is 1810 g/mol. The van der Waals surface area contributed by atoms with Crippen LogP contribution >= 0.6 is 0 Å². The SMILES string of the molecule is CC(C)c1cc(C(C)(C)CC(C)(C)C)cc(C(C)C)c1Oc1cc2c3c(cc(Oc4c(C(C)C)cc(C(C)(C)CC(C)(C)C)cc4C(C)C)c4c5ccc6c7c(Oc8c(C(C)C)cc(C(C)(C)CC(C)(C)C)cc8C(C)C)cc8c9c(cc(Oc%10c(C(C)C)cc(C(C)(C)CC(C)(C)C)cc%10C(C)C)c(c%10ccc(c1c34)c5c%106)c97)C(=O)N(c1c(C(C)C)cccc1C(C)C)C8=O)C(=O)N(c1c(C(C)C)cccc1C(C)C)C2=O. The molecule has 0 radical (unpaired) electrons. The van der Waals surface area contributed by atoms with Gasteiger partial charge in [-0.2, -0.15) is 0 Å². The van der Waals surface area contributed by atoms with Crippen LogP contribution in [0.2, 0.25) is 0 Å². The van der Waals surface area contributed by atoms with Gasteiger partial charge in [0, 0.05) is 43.1 Å². The number of fused-ring (bicyclic) bond motifs is 4. The third-order valence-corrected chi connectivity index (χ3v) is 32.2. The molecule has 2 aliphatic heterocycles. The van der Waals surface area contributed by atoms with Crippen LogP contribution in [0.5, 0.6) is 46.0 Å². The van der Waals surface area contributed by atoms with Crippen LogP contribution in [0.25, 0.3) is 75.4 Å². The minimum atomic E-state index is -0.445. The number of imide groups is 2. The monoisotopic (exact) mass is 1990 g/mol. The Bertz CT molecular complexity index is 6660. The molecule has 148 heavy (non-hydrogen) atoms. The Morgan fingerprint density at radius 2 is 0.365 bits per heavy atom. The summed E-state index contributed by atoms with van der Waals surface area (Å²) in [5.74, 6) is 2.14. The summed E-state index contributed by atoms with van der Waals surface area (Å²) in [7, 11) is 0. The fourth-order valence-electron chi connectivity index (χ4n) is 26.5. The maximum atomic E-state index is 17.5. The first kappa shape index (κ1) is 110.